The van der Waals surface area contributed by atoms with Gasteiger partial charge in [0.15, 0.2) is 0 Å². The Kier molecular flexibility index (Phi) is 6.42. The first kappa shape index (κ1) is 16.5. The van der Waals surface area contributed by atoms with Gasteiger partial charge in [-0.05, 0) is 34.6 Å². The summed E-state index contributed by atoms with van der Waals surface area (Å²) in [5.74, 6) is 1.96. The minimum atomic E-state index is -0.473. The molecule has 0 bridgehead atoms. The van der Waals surface area contributed by atoms with E-state index in [1.54, 1.807) is 13.8 Å². The van der Waals surface area contributed by atoms with Crippen LogP contribution in [-0.4, -0.2) is 36.0 Å². The van der Waals surface area contributed by atoms with Gasteiger partial charge in [0.1, 0.15) is 0 Å². The van der Waals surface area contributed by atoms with E-state index in [1.807, 2.05) is 20.8 Å². The van der Waals surface area contributed by atoms with Crippen molar-refractivity contribution in [2.24, 2.45) is 0 Å². The normalized spacial score (nSPS) is 14.2. The number of hydrogen-bond donors (Lipinski definition) is 3. The van der Waals surface area contributed by atoms with Gasteiger partial charge in [0.05, 0.1) is 18.6 Å². The molecular weight excluding hydrogens is 230 g/mol. The molecule has 0 saturated carbocycles. The highest BCUT2D eigenvalue weighted by Gasteiger charge is 2.22. The zero-order chi connectivity index (χ0) is 14.3. The van der Waals surface area contributed by atoms with Gasteiger partial charge >= 0.3 is 0 Å². The number of amides is 2. The van der Waals surface area contributed by atoms with E-state index in [4.69, 9.17) is 6.42 Å². The second kappa shape index (κ2) is 7.02. The van der Waals surface area contributed by atoms with E-state index in [9.17, 15) is 9.59 Å². The molecule has 18 heavy (non-hydrogen) atoms. The van der Waals surface area contributed by atoms with Gasteiger partial charge in [-0.2, -0.15) is 0 Å². The van der Waals surface area contributed by atoms with Crippen molar-refractivity contribution in [2.75, 3.05) is 6.54 Å². The Bertz CT molecular complexity index is 339. The third-order valence-corrected chi connectivity index (χ3v) is 2.15. The molecule has 5 nitrogen and oxygen atoms in total. The topological polar surface area (TPSA) is 70.2 Å². The molecule has 0 rings (SSSR count). The molecule has 2 amide bonds. The summed E-state index contributed by atoms with van der Waals surface area (Å²) in [6.45, 7) is 9.30. The Morgan fingerprint density at radius 1 is 1.17 bits per heavy atom. The molecule has 0 radical (unpaired) electrons. The van der Waals surface area contributed by atoms with Gasteiger partial charge in [0.25, 0.3) is 0 Å². The Hall–Kier alpha value is -1.54. The van der Waals surface area contributed by atoms with Crippen LogP contribution in [-0.2, 0) is 9.59 Å². The lowest BCUT2D eigenvalue weighted by Gasteiger charge is -2.25. The van der Waals surface area contributed by atoms with E-state index >= 15 is 0 Å². The number of nitrogens with one attached hydrogen (secondary N) is 3. The smallest absolute Gasteiger partial charge is 0.237 e. The maximum atomic E-state index is 11.8. The van der Waals surface area contributed by atoms with Gasteiger partial charge in [-0.15, -0.1) is 6.42 Å². The van der Waals surface area contributed by atoms with Crippen LogP contribution >= 0.6 is 0 Å². The molecule has 0 aliphatic rings. The molecule has 0 aromatic heterocycles. The third-order valence-electron chi connectivity index (χ3n) is 2.15. The maximum absolute atomic E-state index is 11.8. The highest BCUT2D eigenvalue weighted by molar-refractivity contribution is 5.85. The SMILES string of the molecule is C#CCNC(=O)C(C)NC(C)C(=O)NC(C)(C)C. The average Bonchev–Trinajstić information content (AvgIpc) is 2.23. The summed E-state index contributed by atoms with van der Waals surface area (Å²) in [6, 6.07) is -0.921. The van der Waals surface area contributed by atoms with Crippen LogP contribution in [0.1, 0.15) is 34.6 Å². The third kappa shape index (κ3) is 6.92. The van der Waals surface area contributed by atoms with Crippen molar-refractivity contribution in [2.45, 2.75) is 52.2 Å². The Morgan fingerprint density at radius 3 is 2.11 bits per heavy atom. The summed E-state index contributed by atoms with van der Waals surface area (Å²) < 4.78 is 0. The fourth-order valence-corrected chi connectivity index (χ4v) is 1.30. The zero-order valence-electron chi connectivity index (χ0n) is 11.8. The van der Waals surface area contributed by atoms with E-state index in [0.717, 1.165) is 0 Å². The van der Waals surface area contributed by atoms with Gasteiger partial charge in [0, 0.05) is 5.54 Å². The Balaban J connectivity index is 4.23. The molecule has 102 valence electrons. The van der Waals surface area contributed by atoms with E-state index in [-0.39, 0.29) is 23.9 Å². The quantitative estimate of drug-likeness (QED) is 0.605. The van der Waals surface area contributed by atoms with Crippen LogP contribution in [0.4, 0.5) is 0 Å². The van der Waals surface area contributed by atoms with Gasteiger partial charge in [-0.25, -0.2) is 0 Å². The first-order valence-electron chi connectivity index (χ1n) is 5.96. The molecule has 0 fully saturated rings. The van der Waals surface area contributed by atoms with Crippen LogP contribution in [0.25, 0.3) is 0 Å². The highest BCUT2D eigenvalue weighted by atomic mass is 16.2. The Labute approximate surface area is 109 Å². The van der Waals surface area contributed by atoms with Crippen molar-refractivity contribution in [1.82, 2.24) is 16.0 Å². The van der Waals surface area contributed by atoms with Gasteiger partial charge in [-0.3, -0.25) is 14.9 Å². The summed E-state index contributed by atoms with van der Waals surface area (Å²) in [7, 11) is 0. The molecule has 5 heteroatoms. The van der Waals surface area contributed by atoms with Gasteiger partial charge in [-0.1, -0.05) is 5.92 Å². The molecule has 0 saturated heterocycles. The van der Waals surface area contributed by atoms with Crippen molar-refractivity contribution in [3.63, 3.8) is 0 Å². The summed E-state index contributed by atoms with van der Waals surface area (Å²) in [6.07, 6.45) is 5.05. The number of hydrogen-bond acceptors (Lipinski definition) is 3. The molecule has 0 aromatic carbocycles. The van der Waals surface area contributed by atoms with Crippen molar-refractivity contribution in [3.05, 3.63) is 0 Å². The lowest BCUT2D eigenvalue weighted by Crippen LogP contribution is -2.54. The first-order chi connectivity index (χ1) is 8.17. The molecule has 2 atom stereocenters. The fraction of sp³-hybridized carbons (Fsp3) is 0.692. The predicted molar refractivity (Wildman–Crippen MR) is 71.8 cm³/mol. The number of terminal acetylenes is 1. The van der Waals surface area contributed by atoms with Crippen molar-refractivity contribution in [3.8, 4) is 12.3 Å². The largest absolute Gasteiger partial charge is 0.350 e. The minimum Gasteiger partial charge on any atom is -0.350 e. The van der Waals surface area contributed by atoms with Crippen LogP contribution in [0.5, 0.6) is 0 Å². The predicted octanol–water partition coefficient (Wildman–Crippen LogP) is 0.0171. The van der Waals surface area contributed by atoms with Crippen LogP contribution in [0.15, 0.2) is 0 Å². The zero-order valence-corrected chi connectivity index (χ0v) is 11.8. The molecule has 0 aromatic rings. The maximum Gasteiger partial charge on any atom is 0.237 e. The van der Waals surface area contributed by atoms with Crippen molar-refractivity contribution >= 4 is 11.8 Å². The first-order valence-corrected chi connectivity index (χ1v) is 5.96. The van der Waals surface area contributed by atoms with E-state index in [1.165, 1.54) is 0 Å². The second-order valence-corrected chi connectivity index (χ2v) is 5.27. The summed E-state index contributed by atoms with van der Waals surface area (Å²) in [5, 5.41) is 8.31. The number of carbonyl (C=O) groups excluding carboxylic acids is 2. The Morgan fingerprint density at radius 2 is 1.67 bits per heavy atom. The number of carbonyl (C=O) groups is 2. The van der Waals surface area contributed by atoms with Gasteiger partial charge < -0.3 is 10.6 Å². The van der Waals surface area contributed by atoms with Crippen LogP contribution < -0.4 is 16.0 Å². The number of rotatable bonds is 5. The standard InChI is InChI=1S/C13H23N3O2/c1-7-8-14-11(17)9(2)15-10(3)12(18)16-13(4,5)6/h1,9-10,15H,8H2,2-6H3,(H,14,17)(H,16,18). The molecular formula is C13H23N3O2. The molecule has 3 N–H and O–H groups in total. The molecule has 0 aliphatic carbocycles. The monoisotopic (exact) mass is 253 g/mol. The molecule has 0 heterocycles. The molecule has 0 aliphatic heterocycles. The summed E-state index contributed by atoms with van der Waals surface area (Å²) >= 11 is 0. The average molecular weight is 253 g/mol. The summed E-state index contributed by atoms with van der Waals surface area (Å²) in [4.78, 5) is 23.3. The van der Waals surface area contributed by atoms with Crippen LogP contribution in [0.3, 0.4) is 0 Å². The van der Waals surface area contributed by atoms with Crippen LogP contribution in [0.2, 0.25) is 0 Å². The van der Waals surface area contributed by atoms with E-state index in [2.05, 4.69) is 21.9 Å². The van der Waals surface area contributed by atoms with Crippen molar-refractivity contribution < 1.29 is 9.59 Å². The fourth-order valence-electron chi connectivity index (χ4n) is 1.30. The van der Waals surface area contributed by atoms with E-state index in [0.29, 0.717) is 0 Å². The molecule has 0 spiro atoms. The van der Waals surface area contributed by atoms with Crippen LogP contribution in [0, 0.1) is 12.3 Å². The minimum absolute atomic E-state index is 0.140. The lowest BCUT2D eigenvalue weighted by atomic mass is 10.1. The molecule has 2 unspecified atom stereocenters. The highest BCUT2D eigenvalue weighted by Crippen LogP contribution is 1.99. The lowest BCUT2D eigenvalue weighted by molar-refractivity contribution is -0.125. The summed E-state index contributed by atoms with van der Waals surface area (Å²) in [5.41, 5.74) is -0.290. The van der Waals surface area contributed by atoms with Gasteiger partial charge in [0.2, 0.25) is 11.8 Å². The second-order valence-electron chi connectivity index (χ2n) is 5.27. The van der Waals surface area contributed by atoms with E-state index < -0.39 is 12.1 Å². The van der Waals surface area contributed by atoms with Crippen molar-refractivity contribution in [1.29, 1.82) is 0 Å².